The Bertz CT molecular complexity index is 1240. The molecule has 0 spiro atoms. The van der Waals surface area contributed by atoms with Gasteiger partial charge in [-0.15, -0.1) is 0 Å². The molecule has 2 heterocycles. The van der Waals surface area contributed by atoms with Crippen LogP contribution in [0.15, 0.2) is 73.1 Å². The third-order valence-electron chi connectivity index (χ3n) is 4.99. The van der Waals surface area contributed by atoms with Crippen LogP contribution in [-0.2, 0) is 5.41 Å². The van der Waals surface area contributed by atoms with Crippen molar-refractivity contribution < 1.29 is 0 Å². The number of hydrogen-bond acceptors (Lipinski definition) is 5. The van der Waals surface area contributed by atoms with Crippen LogP contribution < -0.4 is 0 Å². The Labute approximate surface area is 180 Å². The molecule has 4 aromatic rings. The van der Waals surface area contributed by atoms with Gasteiger partial charge in [0.2, 0.25) is 0 Å². The fraction of sp³-hybridized carbons (Fsp3) is 0.120. The monoisotopic (exact) mass is 402 g/mol. The van der Waals surface area contributed by atoms with Crippen LogP contribution in [0.3, 0.4) is 0 Å². The second kappa shape index (κ2) is 8.14. The van der Waals surface area contributed by atoms with Crippen LogP contribution in [0, 0.1) is 17.9 Å². The first kappa shape index (κ1) is 19.9. The SMILES string of the molecule is [C-]#[N+]c1cccc(-c2ccnc(C(C)(C)c3nccc(-c4cccc(C#N)c4)n3)n2)c1. The molecule has 31 heavy (non-hydrogen) atoms. The van der Waals surface area contributed by atoms with E-state index in [1.165, 1.54) is 0 Å². The number of nitriles is 1. The Hall–Kier alpha value is -4.42. The maximum Gasteiger partial charge on any atom is 0.187 e. The summed E-state index contributed by atoms with van der Waals surface area (Å²) >= 11 is 0. The minimum Gasteiger partial charge on any atom is -0.240 e. The zero-order valence-electron chi connectivity index (χ0n) is 17.1. The first-order valence-corrected chi connectivity index (χ1v) is 9.67. The van der Waals surface area contributed by atoms with Crippen molar-refractivity contribution in [2.24, 2.45) is 0 Å². The smallest absolute Gasteiger partial charge is 0.187 e. The highest BCUT2D eigenvalue weighted by molar-refractivity contribution is 5.65. The Morgan fingerprint density at radius 2 is 1.42 bits per heavy atom. The number of hydrogen-bond donors (Lipinski definition) is 0. The van der Waals surface area contributed by atoms with Gasteiger partial charge in [0, 0.05) is 18.0 Å². The van der Waals surface area contributed by atoms with Gasteiger partial charge in [0.15, 0.2) is 5.69 Å². The van der Waals surface area contributed by atoms with Crippen LogP contribution >= 0.6 is 0 Å². The van der Waals surface area contributed by atoms with Crippen molar-refractivity contribution in [3.63, 3.8) is 0 Å². The predicted octanol–water partition coefficient (Wildman–Crippen LogP) is 5.35. The molecule has 148 valence electrons. The van der Waals surface area contributed by atoms with Gasteiger partial charge in [-0.05, 0) is 49.7 Å². The first-order valence-electron chi connectivity index (χ1n) is 9.67. The molecule has 0 unspecified atom stereocenters. The fourth-order valence-electron chi connectivity index (χ4n) is 3.22. The van der Waals surface area contributed by atoms with E-state index in [4.69, 9.17) is 16.5 Å². The van der Waals surface area contributed by atoms with Crippen molar-refractivity contribution in [2.75, 3.05) is 0 Å². The van der Waals surface area contributed by atoms with Crippen LogP contribution in [0.2, 0.25) is 0 Å². The Kier molecular flexibility index (Phi) is 5.22. The molecule has 2 aromatic heterocycles. The van der Waals surface area contributed by atoms with Gasteiger partial charge in [-0.3, -0.25) is 0 Å². The summed E-state index contributed by atoms with van der Waals surface area (Å²) in [6.45, 7) is 11.2. The van der Waals surface area contributed by atoms with Crippen molar-refractivity contribution in [2.45, 2.75) is 19.3 Å². The minimum absolute atomic E-state index is 0.563. The van der Waals surface area contributed by atoms with E-state index in [1.54, 1.807) is 30.6 Å². The van der Waals surface area contributed by atoms with Crippen LogP contribution in [-0.4, -0.2) is 19.9 Å². The molecule has 0 bridgehead atoms. The van der Waals surface area contributed by atoms with Crippen molar-refractivity contribution in [3.8, 4) is 28.6 Å². The van der Waals surface area contributed by atoms with Crippen LogP contribution in [0.1, 0.15) is 31.1 Å². The molecule has 0 N–H and O–H groups in total. The highest BCUT2D eigenvalue weighted by Crippen LogP contribution is 2.30. The van der Waals surface area contributed by atoms with E-state index in [2.05, 4.69) is 20.9 Å². The molecular weight excluding hydrogens is 384 g/mol. The molecule has 0 radical (unpaired) electrons. The number of nitrogens with zero attached hydrogens (tertiary/aromatic N) is 6. The minimum atomic E-state index is -0.656. The zero-order chi connectivity index (χ0) is 21.8. The van der Waals surface area contributed by atoms with Gasteiger partial charge in [0.1, 0.15) is 11.6 Å². The van der Waals surface area contributed by atoms with Gasteiger partial charge in [0.25, 0.3) is 0 Å². The van der Waals surface area contributed by atoms with Gasteiger partial charge >= 0.3 is 0 Å². The van der Waals surface area contributed by atoms with Crippen LogP contribution in [0.25, 0.3) is 27.4 Å². The predicted molar refractivity (Wildman–Crippen MR) is 118 cm³/mol. The van der Waals surface area contributed by atoms with Gasteiger partial charge < -0.3 is 0 Å². The third kappa shape index (κ3) is 4.01. The quantitative estimate of drug-likeness (QED) is 0.430. The van der Waals surface area contributed by atoms with Gasteiger partial charge in [-0.25, -0.2) is 24.8 Å². The second-order valence-corrected chi connectivity index (χ2v) is 7.51. The maximum atomic E-state index is 9.18. The molecule has 0 atom stereocenters. The number of benzene rings is 2. The Morgan fingerprint density at radius 1 is 0.839 bits per heavy atom. The second-order valence-electron chi connectivity index (χ2n) is 7.51. The lowest BCUT2D eigenvalue weighted by molar-refractivity contribution is 0.550. The van der Waals surface area contributed by atoms with Gasteiger partial charge in [-0.1, -0.05) is 30.3 Å². The molecule has 0 saturated heterocycles. The summed E-state index contributed by atoms with van der Waals surface area (Å²) in [6.07, 6.45) is 3.42. The van der Waals surface area contributed by atoms with E-state index in [0.717, 1.165) is 22.5 Å². The van der Waals surface area contributed by atoms with E-state index >= 15 is 0 Å². The summed E-state index contributed by atoms with van der Waals surface area (Å²) in [5.41, 5.74) is 3.66. The summed E-state index contributed by atoms with van der Waals surface area (Å²) < 4.78 is 0. The highest BCUT2D eigenvalue weighted by atomic mass is 15.0. The molecule has 0 fully saturated rings. The van der Waals surface area contributed by atoms with Crippen molar-refractivity contribution in [1.29, 1.82) is 5.26 Å². The largest absolute Gasteiger partial charge is 0.240 e. The molecule has 4 rings (SSSR count). The first-order chi connectivity index (χ1) is 15.0. The third-order valence-corrected chi connectivity index (χ3v) is 4.99. The molecule has 0 aliphatic rings. The summed E-state index contributed by atoms with van der Waals surface area (Å²) in [5, 5.41) is 9.18. The average Bonchev–Trinajstić information content (AvgIpc) is 2.84. The molecule has 0 aliphatic heterocycles. The molecule has 6 nitrogen and oxygen atoms in total. The molecule has 0 amide bonds. The summed E-state index contributed by atoms with van der Waals surface area (Å²) in [4.78, 5) is 22.0. The summed E-state index contributed by atoms with van der Waals surface area (Å²) in [6, 6.07) is 20.5. The lowest BCUT2D eigenvalue weighted by Crippen LogP contribution is -2.25. The molecule has 6 heteroatoms. The van der Waals surface area contributed by atoms with Crippen molar-refractivity contribution in [3.05, 3.63) is 102 Å². The van der Waals surface area contributed by atoms with E-state index < -0.39 is 5.41 Å². The van der Waals surface area contributed by atoms with E-state index in [9.17, 15) is 5.26 Å². The standard InChI is InChI=1S/C25H18N6/c1-25(2,23-28-12-10-21(30-23)18-7-4-6-17(14-18)16-26)24-29-13-11-22(31-24)19-8-5-9-20(15-19)27-3/h4-15H,1-2H3. The number of aromatic nitrogens is 4. The molecule has 2 aromatic carbocycles. The lowest BCUT2D eigenvalue weighted by Gasteiger charge is -2.22. The van der Waals surface area contributed by atoms with Crippen molar-refractivity contribution >= 4 is 5.69 Å². The lowest BCUT2D eigenvalue weighted by atomic mass is 9.90. The van der Waals surface area contributed by atoms with E-state index in [-0.39, 0.29) is 0 Å². The Morgan fingerprint density at radius 3 is 2.00 bits per heavy atom. The van der Waals surface area contributed by atoms with Gasteiger partial charge in [0.05, 0.1) is 35.0 Å². The Balaban J connectivity index is 1.74. The average molecular weight is 402 g/mol. The fourth-order valence-corrected chi connectivity index (χ4v) is 3.22. The molecule has 0 aliphatic carbocycles. The van der Waals surface area contributed by atoms with Gasteiger partial charge in [-0.2, -0.15) is 5.26 Å². The van der Waals surface area contributed by atoms with E-state index in [0.29, 0.717) is 22.9 Å². The normalized spacial score (nSPS) is 10.8. The van der Waals surface area contributed by atoms with Crippen LogP contribution in [0.5, 0.6) is 0 Å². The molecule has 0 saturated carbocycles. The maximum absolute atomic E-state index is 9.18. The van der Waals surface area contributed by atoms with E-state index in [1.807, 2.05) is 56.3 Å². The number of rotatable bonds is 4. The van der Waals surface area contributed by atoms with Crippen LogP contribution in [0.4, 0.5) is 5.69 Å². The van der Waals surface area contributed by atoms with Crippen molar-refractivity contribution in [1.82, 2.24) is 19.9 Å². The topological polar surface area (TPSA) is 79.7 Å². The summed E-state index contributed by atoms with van der Waals surface area (Å²) in [7, 11) is 0. The highest BCUT2D eigenvalue weighted by Gasteiger charge is 2.30. The zero-order valence-corrected chi connectivity index (χ0v) is 17.1. The summed E-state index contributed by atoms with van der Waals surface area (Å²) in [5.74, 6) is 1.17. The molecular formula is C25H18N6.